The molecule has 0 aromatic carbocycles. The molecule has 0 spiro atoms. The van der Waals surface area contributed by atoms with Crippen molar-refractivity contribution in [1.82, 2.24) is 20.3 Å². The molecule has 21 heavy (non-hydrogen) atoms. The number of fused-ring (bicyclic) bond motifs is 2. The number of anilines is 1. The second-order valence-electron chi connectivity index (χ2n) is 6.01. The van der Waals surface area contributed by atoms with Crippen LogP contribution >= 0.6 is 11.3 Å². The molecule has 1 N–H and O–H groups in total. The van der Waals surface area contributed by atoms with Gasteiger partial charge in [0.2, 0.25) is 5.13 Å². The van der Waals surface area contributed by atoms with Gasteiger partial charge >= 0.3 is 0 Å². The van der Waals surface area contributed by atoms with Crippen LogP contribution in [0.25, 0.3) is 10.7 Å². The normalized spacial score (nSPS) is 29.5. The molecule has 0 aliphatic carbocycles. The maximum Gasteiger partial charge on any atom is 0.206 e. The fourth-order valence-corrected chi connectivity index (χ4v) is 4.40. The molecule has 0 amide bonds. The summed E-state index contributed by atoms with van der Waals surface area (Å²) in [6, 6.07) is 3.76. The first-order chi connectivity index (χ1) is 10.3. The molecule has 0 saturated carbocycles. The summed E-state index contributed by atoms with van der Waals surface area (Å²) in [6.45, 7) is 0. The minimum atomic E-state index is 0.509. The number of nitrogens with zero attached hydrogens (tertiary/aromatic N) is 4. The first-order valence-corrected chi connectivity index (χ1v) is 8.34. The van der Waals surface area contributed by atoms with E-state index in [1.165, 1.54) is 32.1 Å². The Morgan fingerprint density at radius 1 is 1.29 bits per heavy atom. The molecule has 2 aromatic rings. The molecule has 4 heterocycles. The molecule has 1 unspecified atom stereocenters. The van der Waals surface area contributed by atoms with Crippen molar-refractivity contribution in [1.29, 1.82) is 0 Å². The highest BCUT2D eigenvalue weighted by atomic mass is 32.1. The Kier molecular flexibility index (Phi) is 3.39. The molecule has 2 saturated heterocycles. The molecule has 2 fully saturated rings. The largest absolute Gasteiger partial charge is 0.364 e. The molecule has 112 valence electrons. The van der Waals surface area contributed by atoms with Gasteiger partial charge in [0.1, 0.15) is 12.0 Å². The molecule has 2 aliphatic rings. The minimum Gasteiger partial charge on any atom is -0.364 e. The Balaban J connectivity index is 1.45. The number of hydrogen-bond acceptors (Lipinski definition) is 7. The average molecular weight is 305 g/mol. The lowest BCUT2D eigenvalue weighted by molar-refractivity contribution is 0.0608. The highest BCUT2D eigenvalue weighted by molar-refractivity contribution is 7.18. The van der Waals surface area contributed by atoms with Crippen molar-refractivity contribution < 1.29 is 4.52 Å². The summed E-state index contributed by atoms with van der Waals surface area (Å²) < 4.78 is 4.85. The van der Waals surface area contributed by atoms with Gasteiger partial charge in [-0.05, 0) is 32.7 Å². The molecule has 2 aliphatic heterocycles. The van der Waals surface area contributed by atoms with Gasteiger partial charge < -0.3 is 14.7 Å². The molecule has 2 bridgehead atoms. The summed E-state index contributed by atoms with van der Waals surface area (Å²) in [5.41, 5.74) is 0.751. The smallest absolute Gasteiger partial charge is 0.206 e. The van der Waals surface area contributed by atoms with Gasteiger partial charge in [0, 0.05) is 24.2 Å². The fourth-order valence-electron chi connectivity index (χ4n) is 3.62. The molecule has 2 aromatic heterocycles. The number of piperidine rings is 2. The quantitative estimate of drug-likeness (QED) is 0.940. The summed E-state index contributed by atoms with van der Waals surface area (Å²) in [4.78, 5) is 2.57. The first-order valence-electron chi connectivity index (χ1n) is 7.52. The molecular weight excluding hydrogens is 286 g/mol. The predicted octanol–water partition coefficient (Wildman–Crippen LogP) is 2.62. The third-order valence-corrected chi connectivity index (χ3v) is 5.63. The molecule has 7 heteroatoms. The lowest BCUT2D eigenvalue weighted by atomic mass is 9.82. The van der Waals surface area contributed by atoms with Crippen molar-refractivity contribution in [3.8, 4) is 10.7 Å². The van der Waals surface area contributed by atoms with Crippen molar-refractivity contribution in [3.63, 3.8) is 0 Å². The fraction of sp³-hybridized carbons (Fsp3) is 0.643. The van der Waals surface area contributed by atoms with Crippen LogP contribution in [0.4, 0.5) is 5.13 Å². The van der Waals surface area contributed by atoms with E-state index >= 15 is 0 Å². The number of hydrogen-bond donors (Lipinski definition) is 1. The maximum atomic E-state index is 4.85. The van der Waals surface area contributed by atoms with E-state index in [9.17, 15) is 0 Å². The Morgan fingerprint density at radius 2 is 2.10 bits per heavy atom. The van der Waals surface area contributed by atoms with Crippen molar-refractivity contribution in [2.75, 3.05) is 12.4 Å². The van der Waals surface area contributed by atoms with E-state index < -0.39 is 0 Å². The van der Waals surface area contributed by atoms with Gasteiger partial charge in [-0.25, -0.2) is 0 Å². The van der Waals surface area contributed by atoms with Gasteiger partial charge in [0.25, 0.3) is 0 Å². The van der Waals surface area contributed by atoms with Gasteiger partial charge in [0.05, 0.1) is 0 Å². The van der Waals surface area contributed by atoms with Crippen LogP contribution in [0, 0.1) is 0 Å². The number of rotatable bonds is 3. The van der Waals surface area contributed by atoms with Crippen molar-refractivity contribution in [2.24, 2.45) is 0 Å². The maximum absolute atomic E-state index is 4.85. The van der Waals surface area contributed by atoms with Crippen LogP contribution in [-0.4, -0.2) is 45.4 Å². The van der Waals surface area contributed by atoms with E-state index in [4.69, 9.17) is 4.52 Å². The second-order valence-corrected chi connectivity index (χ2v) is 6.99. The molecule has 0 radical (unpaired) electrons. The van der Waals surface area contributed by atoms with Crippen molar-refractivity contribution >= 4 is 16.5 Å². The Labute approximate surface area is 127 Å². The summed E-state index contributed by atoms with van der Waals surface area (Å²) in [6.07, 6.45) is 7.98. The van der Waals surface area contributed by atoms with Gasteiger partial charge in [-0.3, -0.25) is 0 Å². The van der Waals surface area contributed by atoms with Gasteiger partial charge in [-0.15, -0.1) is 10.2 Å². The highest BCUT2D eigenvalue weighted by Gasteiger charge is 2.36. The Hall–Kier alpha value is -1.47. The second kappa shape index (κ2) is 5.38. The van der Waals surface area contributed by atoms with E-state index in [1.807, 2.05) is 6.07 Å². The molecule has 6 nitrogen and oxygen atoms in total. The van der Waals surface area contributed by atoms with E-state index in [2.05, 4.69) is 32.6 Å². The van der Waals surface area contributed by atoms with E-state index in [0.29, 0.717) is 6.04 Å². The summed E-state index contributed by atoms with van der Waals surface area (Å²) in [5.74, 6) is 0. The van der Waals surface area contributed by atoms with E-state index in [1.54, 1.807) is 17.6 Å². The number of nitrogens with one attached hydrogen (secondary N) is 1. The zero-order chi connectivity index (χ0) is 14.2. The van der Waals surface area contributed by atoms with Crippen LogP contribution in [0.5, 0.6) is 0 Å². The first kappa shape index (κ1) is 13.2. The van der Waals surface area contributed by atoms with Crippen LogP contribution in [0.15, 0.2) is 16.9 Å². The molecule has 3 atom stereocenters. The SMILES string of the molecule is CN1[C@@H]2CCC[C@H]1CC(Nc1nnc(-c3ccon3)s1)C2. The van der Waals surface area contributed by atoms with Crippen LogP contribution in [0.1, 0.15) is 32.1 Å². The van der Waals surface area contributed by atoms with Crippen LogP contribution in [0.3, 0.4) is 0 Å². The van der Waals surface area contributed by atoms with Gasteiger partial charge in [-0.2, -0.15) is 0 Å². The zero-order valence-corrected chi connectivity index (χ0v) is 12.8. The lowest BCUT2D eigenvalue weighted by Crippen LogP contribution is -2.52. The Bertz CT molecular complexity index is 584. The summed E-state index contributed by atoms with van der Waals surface area (Å²) in [7, 11) is 2.28. The monoisotopic (exact) mass is 305 g/mol. The lowest BCUT2D eigenvalue weighted by Gasteiger charge is -2.47. The standard InChI is InChI=1S/C14H19N5OS/c1-19-10-3-2-4-11(19)8-9(7-10)15-14-17-16-13(21-14)12-5-6-20-18-12/h5-6,9-11H,2-4,7-8H2,1H3,(H,15,17)/t9?,10-,11+. The van der Waals surface area contributed by atoms with Crippen molar-refractivity contribution in [2.45, 2.75) is 50.2 Å². The van der Waals surface area contributed by atoms with Crippen LogP contribution < -0.4 is 5.32 Å². The third kappa shape index (κ3) is 2.55. The van der Waals surface area contributed by atoms with E-state index in [-0.39, 0.29) is 0 Å². The van der Waals surface area contributed by atoms with Gasteiger partial charge in [-0.1, -0.05) is 22.9 Å². The highest BCUT2D eigenvalue weighted by Crippen LogP contribution is 2.34. The van der Waals surface area contributed by atoms with Crippen LogP contribution in [-0.2, 0) is 0 Å². The topological polar surface area (TPSA) is 67.1 Å². The minimum absolute atomic E-state index is 0.509. The van der Waals surface area contributed by atoms with E-state index in [0.717, 1.165) is 27.9 Å². The predicted molar refractivity (Wildman–Crippen MR) is 81.2 cm³/mol. The molecular formula is C14H19N5OS. The van der Waals surface area contributed by atoms with Gasteiger partial charge in [0.15, 0.2) is 5.01 Å². The van der Waals surface area contributed by atoms with Crippen LogP contribution in [0.2, 0.25) is 0 Å². The number of aromatic nitrogens is 3. The summed E-state index contributed by atoms with van der Waals surface area (Å²) >= 11 is 1.54. The van der Waals surface area contributed by atoms with Crippen molar-refractivity contribution in [3.05, 3.63) is 12.3 Å². The molecule has 4 rings (SSSR count). The Morgan fingerprint density at radius 3 is 2.81 bits per heavy atom. The third-order valence-electron chi connectivity index (χ3n) is 4.75. The zero-order valence-electron chi connectivity index (χ0n) is 12.0. The summed E-state index contributed by atoms with van der Waals surface area (Å²) in [5, 5.41) is 17.6. The average Bonchev–Trinajstić information content (AvgIpc) is 3.10.